The first kappa shape index (κ1) is 20.5. The van der Waals surface area contributed by atoms with E-state index in [2.05, 4.69) is 26.3 Å². The number of hydrogen-bond donors (Lipinski definition) is 1. The summed E-state index contributed by atoms with van der Waals surface area (Å²) in [6.07, 6.45) is 3.65. The predicted octanol–water partition coefficient (Wildman–Crippen LogP) is 3.59. The lowest BCUT2D eigenvalue weighted by molar-refractivity contribution is -0.115. The lowest BCUT2D eigenvalue weighted by atomic mass is 10.1. The average molecular weight is 425 g/mol. The first-order chi connectivity index (χ1) is 14.8. The Hall–Kier alpha value is -3.75. The molecular weight excluding hydrogens is 404 g/mol. The van der Waals surface area contributed by atoms with Crippen LogP contribution in [0.3, 0.4) is 0 Å². The third-order valence-electron chi connectivity index (χ3n) is 5.02. The highest BCUT2D eigenvalue weighted by Crippen LogP contribution is 2.23. The zero-order valence-corrected chi connectivity index (χ0v) is 17.3. The number of hydrogen-bond acceptors (Lipinski definition) is 4. The van der Waals surface area contributed by atoms with Crippen LogP contribution in [-0.4, -0.2) is 32.6 Å². The van der Waals surface area contributed by atoms with Crippen LogP contribution in [-0.2, 0) is 24.8 Å². The number of ether oxygens (including phenoxy) is 1. The van der Waals surface area contributed by atoms with E-state index in [4.69, 9.17) is 4.74 Å². The molecule has 31 heavy (non-hydrogen) atoms. The van der Waals surface area contributed by atoms with Gasteiger partial charge in [-0.15, -0.1) is 5.10 Å². The number of aromatic nitrogens is 4. The van der Waals surface area contributed by atoms with Gasteiger partial charge in [0.15, 0.2) is 17.4 Å². The quantitative estimate of drug-likeness (QED) is 0.512. The molecule has 7 nitrogen and oxygen atoms in total. The number of amides is 1. The van der Waals surface area contributed by atoms with Gasteiger partial charge in [-0.1, -0.05) is 6.07 Å². The fourth-order valence-electron chi connectivity index (χ4n) is 3.57. The summed E-state index contributed by atoms with van der Waals surface area (Å²) >= 11 is 0. The van der Waals surface area contributed by atoms with Crippen molar-refractivity contribution in [2.75, 3.05) is 12.4 Å². The number of anilines is 1. The fraction of sp³-hybridized carbons (Fsp3) is 0.227. The first-order valence-corrected chi connectivity index (χ1v) is 9.60. The molecule has 160 valence electrons. The van der Waals surface area contributed by atoms with Crippen LogP contribution in [0.2, 0.25) is 0 Å². The molecule has 0 saturated heterocycles. The second-order valence-corrected chi connectivity index (χ2v) is 7.35. The standard InChI is InChI=1S/C22H21F2N5O2/c1-13-11-28(2)18-5-4-14(6-16(13)18)9-21(30)26-20-10-25-29(27-20)12-15-7-17(23)22(24)19(8-15)31-3/h4-8,10-11H,9,12H2,1-3H3,(H,26,27,30). The molecule has 0 saturated carbocycles. The zero-order valence-electron chi connectivity index (χ0n) is 17.3. The molecule has 4 aromatic rings. The van der Waals surface area contributed by atoms with Gasteiger partial charge >= 0.3 is 0 Å². The minimum atomic E-state index is -1.04. The van der Waals surface area contributed by atoms with Gasteiger partial charge in [0.05, 0.1) is 26.3 Å². The molecule has 0 fully saturated rings. The van der Waals surface area contributed by atoms with Gasteiger partial charge in [-0.2, -0.15) is 14.3 Å². The van der Waals surface area contributed by atoms with Crippen LogP contribution in [0.4, 0.5) is 14.6 Å². The van der Waals surface area contributed by atoms with Crippen molar-refractivity contribution in [1.82, 2.24) is 19.6 Å². The summed E-state index contributed by atoms with van der Waals surface area (Å²) < 4.78 is 34.1. The van der Waals surface area contributed by atoms with Crippen LogP contribution >= 0.6 is 0 Å². The van der Waals surface area contributed by atoms with Crippen molar-refractivity contribution >= 4 is 22.6 Å². The van der Waals surface area contributed by atoms with Crippen LogP contribution in [0.5, 0.6) is 5.75 Å². The van der Waals surface area contributed by atoms with Crippen LogP contribution in [0.15, 0.2) is 42.7 Å². The number of methoxy groups -OCH3 is 1. The summed E-state index contributed by atoms with van der Waals surface area (Å²) in [4.78, 5) is 13.7. The SMILES string of the molecule is COc1cc(Cn2ncc(NC(=O)Cc3ccc4c(c3)c(C)cn4C)n2)cc(F)c1F. The van der Waals surface area contributed by atoms with Gasteiger partial charge in [0.2, 0.25) is 11.7 Å². The Morgan fingerprint density at radius 2 is 2.00 bits per heavy atom. The molecule has 2 aromatic carbocycles. The lowest BCUT2D eigenvalue weighted by Gasteiger charge is -2.06. The van der Waals surface area contributed by atoms with E-state index in [1.807, 2.05) is 32.2 Å². The summed E-state index contributed by atoms with van der Waals surface area (Å²) in [5.41, 5.74) is 3.58. The van der Waals surface area contributed by atoms with Crippen molar-refractivity contribution in [3.8, 4) is 5.75 Å². The lowest BCUT2D eigenvalue weighted by Crippen LogP contribution is -2.15. The van der Waals surface area contributed by atoms with Crippen LogP contribution in [0.1, 0.15) is 16.7 Å². The topological polar surface area (TPSA) is 74.0 Å². The van der Waals surface area contributed by atoms with Crippen LogP contribution in [0.25, 0.3) is 10.9 Å². The third kappa shape index (κ3) is 4.25. The molecule has 0 aliphatic heterocycles. The number of aryl methyl sites for hydroxylation is 2. The molecule has 9 heteroatoms. The highest BCUT2D eigenvalue weighted by Gasteiger charge is 2.13. The maximum atomic E-state index is 13.7. The van der Waals surface area contributed by atoms with E-state index in [9.17, 15) is 13.6 Å². The Balaban J connectivity index is 1.42. The number of carbonyl (C=O) groups excluding carboxylic acids is 1. The molecule has 0 atom stereocenters. The van der Waals surface area contributed by atoms with Crippen molar-refractivity contribution in [3.63, 3.8) is 0 Å². The highest BCUT2D eigenvalue weighted by atomic mass is 19.2. The van der Waals surface area contributed by atoms with Gasteiger partial charge in [0, 0.05) is 24.1 Å². The predicted molar refractivity (Wildman–Crippen MR) is 112 cm³/mol. The average Bonchev–Trinajstić information content (AvgIpc) is 3.27. The largest absolute Gasteiger partial charge is 0.494 e. The number of rotatable bonds is 6. The Kier molecular flexibility index (Phi) is 5.41. The van der Waals surface area contributed by atoms with Crippen molar-refractivity contribution in [2.45, 2.75) is 19.9 Å². The molecule has 0 radical (unpaired) electrons. The summed E-state index contributed by atoms with van der Waals surface area (Å²) in [7, 11) is 3.25. The Morgan fingerprint density at radius 3 is 2.77 bits per heavy atom. The molecule has 1 amide bonds. The van der Waals surface area contributed by atoms with E-state index >= 15 is 0 Å². The highest BCUT2D eigenvalue weighted by molar-refractivity contribution is 5.92. The normalized spacial score (nSPS) is 11.1. The monoisotopic (exact) mass is 425 g/mol. The number of nitrogens with zero attached hydrogens (tertiary/aromatic N) is 4. The Morgan fingerprint density at radius 1 is 1.19 bits per heavy atom. The molecule has 2 aromatic heterocycles. The Labute approximate surface area is 177 Å². The molecule has 0 spiro atoms. The zero-order chi connectivity index (χ0) is 22.1. The van der Waals surface area contributed by atoms with E-state index in [-0.39, 0.29) is 30.4 Å². The van der Waals surface area contributed by atoms with Crippen LogP contribution < -0.4 is 10.1 Å². The fourth-order valence-corrected chi connectivity index (χ4v) is 3.57. The molecule has 0 aliphatic carbocycles. The smallest absolute Gasteiger partial charge is 0.230 e. The van der Waals surface area contributed by atoms with E-state index in [0.29, 0.717) is 5.56 Å². The van der Waals surface area contributed by atoms with Crippen molar-refractivity contribution < 1.29 is 18.3 Å². The van der Waals surface area contributed by atoms with Gasteiger partial charge < -0.3 is 14.6 Å². The second-order valence-electron chi connectivity index (χ2n) is 7.35. The Bertz CT molecular complexity index is 1280. The van der Waals surface area contributed by atoms with Gasteiger partial charge in [-0.3, -0.25) is 4.79 Å². The van der Waals surface area contributed by atoms with E-state index in [1.54, 1.807) is 0 Å². The summed E-state index contributed by atoms with van der Waals surface area (Å²) in [5.74, 6) is -2.20. The minimum Gasteiger partial charge on any atom is -0.494 e. The maximum Gasteiger partial charge on any atom is 0.230 e. The second kappa shape index (κ2) is 8.17. The van der Waals surface area contributed by atoms with Crippen LogP contribution in [0, 0.1) is 18.6 Å². The molecule has 2 heterocycles. The third-order valence-corrected chi connectivity index (χ3v) is 5.02. The molecule has 0 unspecified atom stereocenters. The molecular formula is C22H21F2N5O2. The number of fused-ring (bicyclic) bond motifs is 1. The number of carbonyl (C=O) groups is 1. The van der Waals surface area contributed by atoms with Crippen molar-refractivity contribution in [2.24, 2.45) is 7.05 Å². The van der Waals surface area contributed by atoms with E-state index < -0.39 is 11.6 Å². The molecule has 1 N–H and O–H groups in total. The number of nitrogens with one attached hydrogen (secondary N) is 1. The number of benzene rings is 2. The summed E-state index contributed by atoms with van der Waals surface area (Å²) in [6.45, 7) is 2.13. The van der Waals surface area contributed by atoms with Gasteiger partial charge in [0.25, 0.3) is 0 Å². The maximum absolute atomic E-state index is 13.7. The van der Waals surface area contributed by atoms with Crippen molar-refractivity contribution in [3.05, 3.63) is 71.1 Å². The minimum absolute atomic E-state index is 0.0907. The van der Waals surface area contributed by atoms with Gasteiger partial charge in [0.1, 0.15) is 0 Å². The van der Waals surface area contributed by atoms with Crippen molar-refractivity contribution in [1.29, 1.82) is 0 Å². The van der Waals surface area contributed by atoms with Gasteiger partial charge in [-0.25, -0.2) is 4.39 Å². The van der Waals surface area contributed by atoms with E-state index in [0.717, 1.165) is 28.1 Å². The molecule has 0 bridgehead atoms. The summed E-state index contributed by atoms with van der Waals surface area (Å²) in [6, 6.07) is 8.37. The van der Waals surface area contributed by atoms with E-state index in [1.165, 1.54) is 24.2 Å². The number of halogens is 2. The molecule has 0 aliphatic rings. The van der Waals surface area contributed by atoms with Gasteiger partial charge in [-0.05, 0) is 47.9 Å². The first-order valence-electron chi connectivity index (χ1n) is 9.60. The summed E-state index contributed by atoms with van der Waals surface area (Å²) in [5, 5.41) is 12.1. The molecule has 4 rings (SSSR count).